The van der Waals surface area contributed by atoms with Crippen LogP contribution >= 0.6 is 11.8 Å². The van der Waals surface area contributed by atoms with Gasteiger partial charge in [-0.15, -0.1) is 5.10 Å². The van der Waals surface area contributed by atoms with E-state index < -0.39 is 11.9 Å². The summed E-state index contributed by atoms with van der Waals surface area (Å²) in [5, 5.41) is 14.9. The fourth-order valence-electron chi connectivity index (χ4n) is 2.18. The second kappa shape index (κ2) is 7.14. The Hall–Kier alpha value is -2.19. The number of aromatic nitrogens is 4. The van der Waals surface area contributed by atoms with Gasteiger partial charge in [0.25, 0.3) is 5.78 Å². The number of hydrogen-bond donors (Lipinski definition) is 1. The molecule has 1 N–H and O–H groups in total. The van der Waals surface area contributed by atoms with Crippen LogP contribution in [0.25, 0.3) is 5.78 Å². The summed E-state index contributed by atoms with van der Waals surface area (Å²) >= 11 is 1.30. The van der Waals surface area contributed by atoms with Crippen LogP contribution in [0.5, 0.6) is 5.75 Å². The van der Waals surface area contributed by atoms with E-state index in [0.29, 0.717) is 16.7 Å². The van der Waals surface area contributed by atoms with Crippen LogP contribution in [0, 0.1) is 19.7 Å². The molecule has 2 heterocycles. The van der Waals surface area contributed by atoms with Gasteiger partial charge >= 0.3 is 0 Å². The number of fused-ring (bicyclic) bond motifs is 1. The highest BCUT2D eigenvalue weighted by Gasteiger charge is 2.12. The molecule has 0 saturated heterocycles. The maximum absolute atomic E-state index is 13.4. The molecule has 0 aliphatic carbocycles. The van der Waals surface area contributed by atoms with Crippen molar-refractivity contribution >= 4 is 17.5 Å². The maximum atomic E-state index is 13.4. The zero-order valence-electron chi connectivity index (χ0n) is 13.3. The van der Waals surface area contributed by atoms with E-state index >= 15 is 0 Å². The Morgan fingerprint density at radius 3 is 2.88 bits per heavy atom. The van der Waals surface area contributed by atoms with E-state index in [4.69, 9.17) is 4.74 Å². The lowest BCUT2D eigenvalue weighted by atomic mass is 10.3. The first-order valence-electron chi connectivity index (χ1n) is 7.42. The van der Waals surface area contributed by atoms with Crippen molar-refractivity contribution in [3.05, 3.63) is 47.5 Å². The predicted molar refractivity (Wildman–Crippen MR) is 88.9 cm³/mol. The Balaban J connectivity index is 1.57. The third-order valence-corrected chi connectivity index (χ3v) is 4.25. The summed E-state index contributed by atoms with van der Waals surface area (Å²) in [6, 6.07) is 8.02. The van der Waals surface area contributed by atoms with Crippen LogP contribution in [-0.4, -0.2) is 43.2 Å². The van der Waals surface area contributed by atoms with Crippen molar-refractivity contribution in [3.63, 3.8) is 0 Å². The van der Waals surface area contributed by atoms with Crippen molar-refractivity contribution in [2.45, 2.75) is 25.1 Å². The summed E-state index contributed by atoms with van der Waals surface area (Å²) in [4.78, 5) is 8.65. The molecular weight excluding hydrogens is 331 g/mol. The highest BCUT2D eigenvalue weighted by atomic mass is 32.2. The highest BCUT2D eigenvalue weighted by molar-refractivity contribution is 7.99. The van der Waals surface area contributed by atoms with E-state index in [1.54, 1.807) is 16.6 Å². The molecule has 0 radical (unpaired) electrons. The van der Waals surface area contributed by atoms with Gasteiger partial charge in [0.1, 0.15) is 6.61 Å². The molecule has 3 rings (SSSR count). The molecule has 0 amide bonds. The lowest BCUT2D eigenvalue weighted by Gasteiger charge is -2.11. The molecule has 6 nitrogen and oxygen atoms in total. The summed E-state index contributed by atoms with van der Waals surface area (Å²) < 4.78 is 20.4. The van der Waals surface area contributed by atoms with Crippen molar-refractivity contribution < 1.29 is 14.2 Å². The zero-order chi connectivity index (χ0) is 17.1. The van der Waals surface area contributed by atoms with E-state index in [2.05, 4.69) is 15.1 Å². The molecule has 24 heavy (non-hydrogen) atoms. The van der Waals surface area contributed by atoms with Gasteiger partial charge in [-0.25, -0.2) is 13.9 Å². The number of nitrogens with zero attached hydrogens (tertiary/aromatic N) is 4. The van der Waals surface area contributed by atoms with Crippen molar-refractivity contribution in [2.75, 3.05) is 12.4 Å². The first-order valence-corrected chi connectivity index (χ1v) is 8.40. The molecule has 0 fully saturated rings. The summed E-state index contributed by atoms with van der Waals surface area (Å²) in [6.07, 6.45) is -0.767. The monoisotopic (exact) mass is 348 g/mol. The van der Waals surface area contributed by atoms with Crippen LogP contribution in [-0.2, 0) is 0 Å². The van der Waals surface area contributed by atoms with E-state index in [1.165, 1.54) is 23.9 Å². The molecular formula is C16H17FN4O2S. The number of hydrogen-bond acceptors (Lipinski definition) is 6. The fraction of sp³-hybridized carbons (Fsp3) is 0.312. The minimum absolute atomic E-state index is 0.00229. The number of benzene rings is 1. The van der Waals surface area contributed by atoms with Crippen molar-refractivity contribution in [1.29, 1.82) is 0 Å². The van der Waals surface area contributed by atoms with Crippen LogP contribution in [0.4, 0.5) is 4.39 Å². The number of para-hydroxylation sites is 1. The molecule has 3 aromatic rings. The molecule has 1 atom stereocenters. The third-order valence-electron chi connectivity index (χ3n) is 3.27. The minimum atomic E-state index is -0.767. The minimum Gasteiger partial charge on any atom is -0.488 e. The average Bonchev–Trinajstić information content (AvgIpc) is 2.95. The van der Waals surface area contributed by atoms with Gasteiger partial charge in [0.15, 0.2) is 11.6 Å². The van der Waals surface area contributed by atoms with Crippen LogP contribution in [0.3, 0.4) is 0 Å². The summed E-state index contributed by atoms with van der Waals surface area (Å²) in [5.74, 6) is 0.551. The zero-order valence-corrected chi connectivity index (χ0v) is 14.1. The number of rotatable bonds is 6. The van der Waals surface area contributed by atoms with Gasteiger partial charge in [-0.05, 0) is 32.0 Å². The van der Waals surface area contributed by atoms with Crippen LogP contribution in [0.15, 0.2) is 35.5 Å². The van der Waals surface area contributed by atoms with Crippen molar-refractivity contribution in [2.24, 2.45) is 0 Å². The fourth-order valence-corrected chi connectivity index (χ4v) is 2.90. The number of aryl methyl sites for hydroxylation is 2. The van der Waals surface area contributed by atoms with Gasteiger partial charge in [0.05, 0.1) is 6.10 Å². The smallest absolute Gasteiger partial charge is 0.253 e. The molecule has 0 aliphatic rings. The molecule has 0 unspecified atom stereocenters. The van der Waals surface area contributed by atoms with Crippen LogP contribution in [0.2, 0.25) is 0 Å². The maximum Gasteiger partial charge on any atom is 0.253 e. The van der Waals surface area contributed by atoms with Crippen molar-refractivity contribution in [3.8, 4) is 5.75 Å². The van der Waals surface area contributed by atoms with Gasteiger partial charge < -0.3 is 9.84 Å². The van der Waals surface area contributed by atoms with Gasteiger partial charge in [0, 0.05) is 17.1 Å². The number of thioether (sulfide) groups is 1. The Bertz CT molecular complexity index is 855. The molecule has 0 saturated carbocycles. The molecule has 1 aromatic carbocycles. The molecule has 126 valence electrons. The Labute approximate surface area is 142 Å². The standard InChI is InChI=1S/C16H17FN4O2S/c1-10-7-11(2)21-15(18-10)19-16(20-21)24-9-12(22)8-23-14-6-4-3-5-13(14)17/h3-7,12,22H,8-9H2,1-2H3/t12-/m1/s1. The van der Waals surface area contributed by atoms with Crippen molar-refractivity contribution in [1.82, 2.24) is 19.6 Å². The molecule has 0 aliphatic heterocycles. The second-order valence-electron chi connectivity index (χ2n) is 5.35. The average molecular weight is 348 g/mol. The summed E-state index contributed by atoms with van der Waals surface area (Å²) in [7, 11) is 0. The normalized spacial score (nSPS) is 12.5. The number of ether oxygens (including phenoxy) is 1. The first-order chi connectivity index (χ1) is 11.5. The Morgan fingerprint density at radius 2 is 2.08 bits per heavy atom. The number of aliphatic hydroxyl groups excluding tert-OH is 1. The Morgan fingerprint density at radius 1 is 1.29 bits per heavy atom. The lowest BCUT2D eigenvalue weighted by molar-refractivity contribution is 0.123. The van der Waals surface area contributed by atoms with Gasteiger partial charge in [-0.1, -0.05) is 23.9 Å². The molecule has 2 aromatic heterocycles. The Kier molecular flexibility index (Phi) is 4.96. The molecule has 8 heteroatoms. The third kappa shape index (κ3) is 3.82. The molecule has 0 bridgehead atoms. The highest BCUT2D eigenvalue weighted by Crippen LogP contribution is 2.18. The van der Waals surface area contributed by atoms with E-state index in [9.17, 15) is 9.50 Å². The summed E-state index contributed by atoms with van der Waals surface area (Å²) in [5.41, 5.74) is 1.82. The molecule has 0 spiro atoms. The van der Waals surface area contributed by atoms with E-state index in [1.807, 2.05) is 19.9 Å². The largest absolute Gasteiger partial charge is 0.488 e. The van der Waals surface area contributed by atoms with Crippen LogP contribution in [0.1, 0.15) is 11.4 Å². The van der Waals surface area contributed by atoms with E-state index in [0.717, 1.165) is 11.4 Å². The number of aliphatic hydroxyl groups is 1. The quantitative estimate of drug-likeness (QED) is 0.690. The van der Waals surface area contributed by atoms with Crippen LogP contribution < -0.4 is 4.74 Å². The second-order valence-corrected chi connectivity index (χ2v) is 6.34. The lowest BCUT2D eigenvalue weighted by Crippen LogP contribution is -2.20. The number of halogens is 1. The SMILES string of the molecule is Cc1cc(C)n2nc(SC[C@H](O)COc3ccccc3F)nc2n1. The predicted octanol–water partition coefficient (Wildman–Crippen LogP) is 2.41. The van der Waals surface area contributed by atoms with Gasteiger partial charge in [-0.3, -0.25) is 0 Å². The first kappa shape index (κ1) is 16.7. The summed E-state index contributed by atoms with van der Waals surface area (Å²) in [6.45, 7) is 3.83. The van der Waals surface area contributed by atoms with E-state index in [-0.39, 0.29) is 12.4 Å². The van der Waals surface area contributed by atoms with Gasteiger partial charge in [-0.2, -0.15) is 4.98 Å². The van der Waals surface area contributed by atoms with Gasteiger partial charge in [0.2, 0.25) is 5.16 Å². The topological polar surface area (TPSA) is 72.5 Å².